The van der Waals surface area contributed by atoms with Crippen molar-refractivity contribution in [2.75, 3.05) is 0 Å². The molecule has 2 saturated heterocycles. The van der Waals surface area contributed by atoms with Crippen molar-refractivity contribution in [3.8, 4) is 0 Å². The molecule has 3 atom stereocenters. The Hall–Kier alpha value is -0.750. The maximum atomic E-state index is 11.4. The highest BCUT2D eigenvalue weighted by Crippen LogP contribution is 2.50. The maximum Gasteiger partial charge on any atom is 0.327 e. The van der Waals surface area contributed by atoms with Crippen LogP contribution in [0.4, 0.5) is 0 Å². The Labute approximate surface area is 85.6 Å². The van der Waals surface area contributed by atoms with Crippen molar-refractivity contribution in [1.82, 2.24) is 4.90 Å². The Balaban J connectivity index is 2.32. The number of carboxylic acid groups (broad SMARTS) is 1. The van der Waals surface area contributed by atoms with E-state index in [0.717, 1.165) is 0 Å². The first-order chi connectivity index (χ1) is 6.36. The summed E-state index contributed by atoms with van der Waals surface area (Å²) in [6, 6.07) is -1.27. The average Bonchev–Trinajstić information content (AvgIpc) is 2.34. The van der Waals surface area contributed by atoms with E-state index in [9.17, 15) is 9.59 Å². The predicted molar refractivity (Wildman–Crippen MR) is 51.7 cm³/mol. The van der Waals surface area contributed by atoms with E-state index in [1.165, 1.54) is 16.7 Å². The number of hydrogen-bond donors (Lipinski definition) is 2. The average molecular weight is 216 g/mol. The molecule has 0 radical (unpaired) electrons. The largest absolute Gasteiger partial charge is 0.480 e. The molecule has 3 N–H and O–H groups in total. The van der Waals surface area contributed by atoms with Crippen LogP contribution in [0, 0.1) is 0 Å². The number of rotatable bonds is 1. The van der Waals surface area contributed by atoms with Gasteiger partial charge in [-0.1, -0.05) is 0 Å². The van der Waals surface area contributed by atoms with Gasteiger partial charge in [-0.3, -0.25) is 4.79 Å². The molecule has 6 heteroatoms. The second-order valence-corrected chi connectivity index (χ2v) is 5.89. The number of nitrogens with two attached hydrogens (primary N) is 1. The number of amides is 1. The van der Waals surface area contributed by atoms with Crippen molar-refractivity contribution in [2.24, 2.45) is 5.73 Å². The van der Waals surface area contributed by atoms with E-state index < -0.39 is 22.8 Å². The minimum Gasteiger partial charge on any atom is -0.480 e. The Kier molecular flexibility index (Phi) is 1.84. The minimum absolute atomic E-state index is 0.154. The van der Waals surface area contributed by atoms with Crippen molar-refractivity contribution in [2.45, 2.75) is 36.1 Å². The molecular formula is C8H12N2O3S. The van der Waals surface area contributed by atoms with Crippen LogP contribution < -0.4 is 5.73 Å². The summed E-state index contributed by atoms with van der Waals surface area (Å²) in [6.45, 7) is 3.66. The lowest BCUT2D eigenvalue weighted by atomic mass is 9.96. The van der Waals surface area contributed by atoms with Crippen molar-refractivity contribution < 1.29 is 14.7 Å². The third-order valence-electron chi connectivity index (χ3n) is 2.72. The summed E-state index contributed by atoms with van der Waals surface area (Å²) >= 11 is 1.47. The van der Waals surface area contributed by atoms with Crippen LogP contribution in [0.5, 0.6) is 0 Å². The van der Waals surface area contributed by atoms with Gasteiger partial charge in [-0.2, -0.15) is 0 Å². The summed E-state index contributed by atoms with van der Waals surface area (Å²) in [5.41, 5.74) is 5.59. The van der Waals surface area contributed by atoms with Crippen LogP contribution in [-0.2, 0) is 9.59 Å². The lowest BCUT2D eigenvalue weighted by Crippen LogP contribution is -2.68. The molecule has 2 aliphatic rings. The molecule has 0 aliphatic carbocycles. The van der Waals surface area contributed by atoms with Crippen LogP contribution in [-0.4, -0.2) is 44.1 Å². The van der Waals surface area contributed by atoms with Gasteiger partial charge in [-0.25, -0.2) is 4.79 Å². The normalized spacial score (nSPS) is 39.2. The lowest BCUT2D eigenvalue weighted by Gasteiger charge is -2.41. The zero-order valence-corrected chi connectivity index (χ0v) is 8.75. The fourth-order valence-corrected chi connectivity index (χ4v) is 3.61. The third kappa shape index (κ3) is 1.01. The van der Waals surface area contributed by atoms with Gasteiger partial charge in [0.1, 0.15) is 17.5 Å². The number of thioether (sulfide) groups is 1. The van der Waals surface area contributed by atoms with Crippen molar-refractivity contribution in [1.29, 1.82) is 0 Å². The van der Waals surface area contributed by atoms with Crippen LogP contribution in [0.25, 0.3) is 0 Å². The molecule has 0 unspecified atom stereocenters. The number of β-lactam (4-membered cyclic amide) rings is 1. The van der Waals surface area contributed by atoms with Crippen LogP contribution in [0.1, 0.15) is 13.8 Å². The zero-order valence-electron chi connectivity index (χ0n) is 7.93. The first kappa shape index (κ1) is 9.79. The Morgan fingerprint density at radius 1 is 1.64 bits per heavy atom. The molecule has 78 valence electrons. The van der Waals surface area contributed by atoms with Gasteiger partial charge in [0.25, 0.3) is 0 Å². The number of carbonyl (C=O) groups excluding carboxylic acids is 1. The summed E-state index contributed by atoms with van der Waals surface area (Å²) in [4.78, 5) is 23.8. The van der Waals surface area contributed by atoms with Crippen molar-refractivity contribution in [3.63, 3.8) is 0 Å². The van der Waals surface area contributed by atoms with Crippen LogP contribution in [0.3, 0.4) is 0 Å². The molecule has 14 heavy (non-hydrogen) atoms. The molecule has 0 saturated carbocycles. The molecule has 1 amide bonds. The summed E-state index contributed by atoms with van der Waals surface area (Å²) in [6.07, 6.45) is 0. The predicted octanol–water partition coefficient (Wildman–Crippen LogP) is -0.539. The summed E-state index contributed by atoms with van der Waals surface area (Å²) < 4.78 is -0.458. The van der Waals surface area contributed by atoms with Gasteiger partial charge < -0.3 is 15.7 Å². The fourth-order valence-electron chi connectivity index (χ4n) is 2.04. The van der Waals surface area contributed by atoms with Crippen LogP contribution >= 0.6 is 11.8 Å². The molecule has 0 bridgehead atoms. The number of hydrogen-bond acceptors (Lipinski definition) is 4. The highest BCUT2D eigenvalue weighted by molar-refractivity contribution is 8.01. The van der Waals surface area contributed by atoms with Crippen LogP contribution in [0.2, 0.25) is 0 Å². The topological polar surface area (TPSA) is 83.6 Å². The van der Waals surface area contributed by atoms with E-state index in [0.29, 0.717) is 0 Å². The molecule has 0 spiro atoms. The Morgan fingerprint density at radius 3 is 2.71 bits per heavy atom. The van der Waals surface area contributed by atoms with E-state index in [1.807, 2.05) is 13.8 Å². The first-order valence-corrected chi connectivity index (χ1v) is 5.22. The van der Waals surface area contributed by atoms with E-state index in [4.69, 9.17) is 10.8 Å². The van der Waals surface area contributed by atoms with Crippen LogP contribution in [0.15, 0.2) is 0 Å². The van der Waals surface area contributed by atoms with E-state index >= 15 is 0 Å². The lowest BCUT2D eigenvalue weighted by molar-refractivity contribution is -0.159. The Morgan fingerprint density at radius 2 is 2.21 bits per heavy atom. The fraction of sp³-hybridized carbons (Fsp3) is 0.750. The molecule has 2 fully saturated rings. The van der Waals surface area contributed by atoms with Gasteiger partial charge in [0, 0.05) is 4.75 Å². The second kappa shape index (κ2) is 2.64. The smallest absolute Gasteiger partial charge is 0.327 e. The highest BCUT2D eigenvalue weighted by atomic mass is 32.2. The quantitative estimate of drug-likeness (QED) is 0.575. The monoisotopic (exact) mass is 216 g/mol. The number of carbonyl (C=O) groups is 2. The number of nitrogens with zero attached hydrogens (tertiary/aromatic N) is 1. The molecule has 0 aromatic rings. The number of carboxylic acids is 1. The molecule has 2 rings (SSSR count). The molecule has 2 aliphatic heterocycles. The number of aliphatic carboxylic acids is 1. The second-order valence-electron chi connectivity index (χ2n) is 4.12. The third-order valence-corrected chi connectivity index (χ3v) is 4.31. The summed E-state index contributed by atoms with van der Waals surface area (Å²) in [5.74, 6) is -1.20. The van der Waals surface area contributed by atoms with Gasteiger partial charge in [-0.15, -0.1) is 11.8 Å². The highest BCUT2D eigenvalue weighted by Gasteiger charge is 2.62. The minimum atomic E-state index is -0.953. The zero-order chi connectivity index (χ0) is 10.7. The standard InChI is InChI=1S/C8H12N2O3S/c1-8(2)4(7(12)13)10-5(11)3(9)6(10)14-8/h3-4,6H,9H2,1-2H3,(H,12,13)/t3-,4-,6-/m1/s1. The van der Waals surface area contributed by atoms with E-state index in [1.54, 1.807) is 0 Å². The summed E-state index contributed by atoms with van der Waals surface area (Å²) in [5, 5.41) is 8.87. The summed E-state index contributed by atoms with van der Waals surface area (Å²) in [7, 11) is 0. The molecule has 5 nitrogen and oxygen atoms in total. The van der Waals surface area contributed by atoms with Crippen molar-refractivity contribution >= 4 is 23.6 Å². The molecule has 0 aromatic carbocycles. The van der Waals surface area contributed by atoms with Crippen molar-refractivity contribution in [3.05, 3.63) is 0 Å². The maximum absolute atomic E-state index is 11.4. The van der Waals surface area contributed by atoms with E-state index in [-0.39, 0.29) is 11.3 Å². The van der Waals surface area contributed by atoms with Gasteiger partial charge in [0.15, 0.2) is 0 Å². The molecular weight excluding hydrogens is 204 g/mol. The van der Waals surface area contributed by atoms with Gasteiger partial charge in [-0.05, 0) is 13.8 Å². The molecule has 2 heterocycles. The molecule has 0 aromatic heterocycles. The first-order valence-electron chi connectivity index (χ1n) is 4.34. The van der Waals surface area contributed by atoms with Gasteiger partial charge >= 0.3 is 5.97 Å². The SMILES string of the molecule is CC1(C)S[C@@H]2[C@H](N)C(=O)N2[C@@H]1C(=O)O. The van der Waals surface area contributed by atoms with Gasteiger partial charge in [0.05, 0.1) is 0 Å². The van der Waals surface area contributed by atoms with Gasteiger partial charge in [0.2, 0.25) is 5.91 Å². The number of fused-ring (bicyclic) bond motifs is 1. The Bertz CT molecular complexity index is 318. The van der Waals surface area contributed by atoms with E-state index in [2.05, 4.69) is 0 Å².